The second-order valence-corrected chi connectivity index (χ2v) is 9.75. The summed E-state index contributed by atoms with van der Waals surface area (Å²) < 4.78 is 29.1. The first-order chi connectivity index (χ1) is 12.8. The van der Waals surface area contributed by atoms with Gasteiger partial charge in [-0.05, 0) is 43.8 Å². The number of hydrogen-bond acceptors (Lipinski definition) is 4. The fraction of sp³-hybridized carbons (Fsp3) is 0.400. The Morgan fingerprint density at radius 2 is 1.59 bits per heavy atom. The fourth-order valence-electron chi connectivity index (χ4n) is 3.27. The van der Waals surface area contributed by atoms with E-state index < -0.39 is 10.0 Å². The Kier molecular flexibility index (Phi) is 6.70. The highest BCUT2D eigenvalue weighted by Gasteiger charge is 2.26. The third-order valence-corrected chi connectivity index (χ3v) is 7.00. The molecule has 0 bridgehead atoms. The van der Waals surface area contributed by atoms with E-state index in [2.05, 4.69) is 68.7 Å². The largest absolute Gasteiger partial charge is 0.304 e. The lowest BCUT2D eigenvalue weighted by atomic mass is 10.0. The van der Waals surface area contributed by atoms with Crippen molar-refractivity contribution in [1.29, 1.82) is 0 Å². The van der Waals surface area contributed by atoms with Crippen LogP contribution in [0.3, 0.4) is 0 Å². The Labute approximate surface area is 170 Å². The van der Waals surface area contributed by atoms with Gasteiger partial charge in [-0.1, -0.05) is 45.8 Å². The zero-order valence-corrected chi connectivity index (χ0v) is 18.1. The molecule has 0 aromatic heterocycles. The molecular formula is C20H26BrN3O2S. The van der Waals surface area contributed by atoms with Crippen molar-refractivity contribution >= 4 is 26.0 Å². The van der Waals surface area contributed by atoms with Crippen LogP contribution in [-0.4, -0.2) is 58.0 Å². The standard InChI is InChI=1S/C20H26BrN3O2S/c1-16-3-5-17(6-4-16)20(24-13-11-23(2)12-14-24)15-22-27(25,26)19-9-7-18(21)8-10-19/h3-10,20,22H,11-15H2,1-2H3/t20-/m1/s1. The highest BCUT2D eigenvalue weighted by atomic mass is 79.9. The first kappa shape index (κ1) is 20.5. The summed E-state index contributed by atoms with van der Waals surface area (Å²) in [5.41, 5.74) is 2.34. The summed E-state index contributed by atoms with van der Waals surface area (Å²) >= 11 is 3.34. The molecule has 27 heavy (non-hydrogen) atoms. The predicted octanol–water partition coefficient (Wildman–Crippen LogP) is 3.02. The van der Waals surface area contributed by atoms with E-state index in [-0.39, 0.29) is 10.9 Å². The first-order valence-corrected chi connectivity index (χ1v) is 11.4. The van der Waals surface area contributed by atoms with Gasteiger partial charge in [0.2, 0.25) is 10.0 Å². The predicted molar refractivity (Wildman–Crippen MR) is 112 cm³/mol. The van der Waals surface area contributed by atoms with Gasteiger partial charge in [-0.2, -0.15) is 0 Å². The molecule has 146 valence electrons. The Morgan fingerprint density at radius 3 is 2.19 bits per heavy atom. The SMILES string of the molecule is Cc1ccc([C@@H](CNS(=O)(=O)c2ccc(Br)cc2)N2CCN(C)CC2)cc1. The van der Waals surface area contributed by atoms with Crippen LogP contribution < -0.4 is 4.72 Å². The average molecular weight is 452 g/mol. The summed E-state index contributed by atoms with van der Waals surface area (Å²) in [5, 5.41) is 0. The summed E-state index contributed by atoms with van der Waals surface area (Å²) in [4.78, 5) is 4.95. The number of sulfonamides is 1. The number of halogens is 1. The molecule has 2 aromatic carbocycles. The maximum Gasteiger partial charge on any atom is 0.240 e. The van der Waals surface area contributed by atoms with E-state index in [4.69, 9.17) is 0 Å². The molecule has 0 spiro atoms. The van der Waals surface area contributed by atoms with Gasteiger partial charge >= 0.3 is 0 Å². The highest BCUT2D eigenvalue weighted by molar-refractivity contribution is 9.10. The van der Waals surface area contributed by atoms with Crippen molar-refractivity contribution in [3.8, 4) is 0 Å². The van der Waals surface area contributed by atoms with Crippen LogP contribution in [-0.2, 0) is 10.0 Å². The Hall–Kier alpha value is -1.25. The molecule has 2 aromatic rings. The van der Waals surface area contributed by atoms with Gasteiger partial charge in [-0.3, -0.25) is 4.90 Å². The molecule has 3 rings (SSSR count). The number of rotatable bonds is 6. The molecule has 1 aliphatic rings. The lowest BCUT2D eigenvalue weighted by Gasteiger charge is -2.38. The third-order valence-electron chi connectivity index (χ3n) is 5.03. The van der Waals surface area contributed by atoms with Crippen LogP contribution in [0.25, 0.3) is 0 Å². The number of nitrogens with zero attached hydrogens (tertiary/aromatic N) is 2. The van der Waals surface area contributed by atoms with Crippen molar-refractivity contribution in [3.63, 3.8) is 0 Å². The number of benzene rings is 2. The van der Waals surface area contributed by atoms with Crippen molar-refractivity contribution in [1.82, 2.24) is 14.5 Å². The molecular weight excluding hydrogens is 426 g/mol. The molecule has 1 aliphatic heterocycles. The van der Waals surface area contributed by atoms with Crippen LogP contribution in [0, 0.1) is 6.92 Å². The number of hydrogen-bond donors (Lipinski definition) is 1. The van der Waals surface area contributed by atoms with Crippen LogP contribution >= 0.6 is 15.9 Å². The van der Waals surface area contributed by atoms with Gasteiger partial charge in [-0.15, -0.1) is 0 Å². The van der Waals surface area contributed by atoms with Crippen molar-refractivity contribution in [2.75, 3.05) is 39.8 Å². The topological polar surface area (TPSA) is 52.7 Å². The number of likely N-dealkylation sites (N-methyl/N-ethyl adjacent to an activating group) is 1. The smallest absolute Gasteiger partial charge is 0.240 e. The van der Waals surface area contributed by atoms with E-state index >= 15 is 0 Å². The molecule has 0 saturated carbocycles. The maximum absolute atomic E-state index is 12.7. The van der Waals surface area contributed by atoms with Crippen molar-refractivity contribution in [3.05, 3.63) is 64.1 Å². The minimum absolute atomic E-state index is 0.0181. The van der Waals surface area contributed by atoms with E-state index in [1.807, 2.05) is 0 Å². The van der Waals surface area contributed by atoms with Gasteiger partial charge in [0.05, 0.1) is 4.90 Å². The van der Waals surface area contributed by atoms with Gasteiger partial charge in [0.25, 0.3) is 0 Å². The van der Waals surface area contributed by atoms with Gasteiger partial charge in [0.15, 0.2) is 0 Å². The Balaban J connectivity index is 1.78. The quantitative estimate of drug-likeness (QED) is 0.732. The maximum atomic E-state index is 12.7. The van der Waals surface area contributed by atoms with Crippen LogP contribution in [0.15, 0.2) is 57.9 Å². The minimum atomic E-state index is -3.55. The number of aryl methyl sites for hydroxylation is 1. The van der Waals surface area contributed by atoms with Crippen LogP contribution in [0.4, 0.5) is 0 Å². The van der Waals surface area contributed by atoms with Crippen molar-refractivity contribution < 1.29 is 8.42 Å². The normalized spacial score (nSPS) is 17.7. The van der Waals surface area contributed by atoms with E-state index in [0.717, 1.165) is 36.2 Å². The van der Waals surface area contributed by atoms with Crippen LogP contribution in [0.1, 0.15) is 17.2 Å². The van der Waals surface area contributed by atoms with Crippen LogP contribution in [0.2, 0.25) is 0 Å². The molecule has 0 unspecified atom stereocenters. The molecule has 1 saturated heterocycles. The summed E-state index contributed by atoms with van der Waals surface area (Å²) in [7, 11) is -1.43. The minimum Gasteiger partial charge on any atom is -0.304 e. The molecule has 1 N–H and O–H groups in total. The number of nitrogens with one attached hydrogen (secondary N) is 1. The molecule has 1 heterocycles. The zero-order valence-electron chi connectivity index (χ0n) is 15.7. The van der Waals surface area contributed by atoms with Gasteiger partial charge in [0, 0.05) is 43.2 Å². The van der Waals surface area contributed by atoms with E-state index in [9.17, 15) is 8.42 Å². The summed E-state index contributed by atoms with van der Waals surface area (Å²) in [6, 6.07) is 15.1. The first-order valence-electron chi connectivity index (χ1n) is 9.09. The fourth-order valence-corrected chi connectivity index (χ4v) is 4.57. The Bertz CT molecular complexity index is 846. The van der Waals surface area contributed by atoms with Gasteiger partial charge < -0.3 is 4.90 Å². The molecule has 0 radical (unpaired) electrons. The second kappa shape index (κ2) is 8.84. The number of piperazine rings is 1. The summed E-state index contributed by atoms with van der Waals surface area (Å²) in [6.45, 7) is 6.24. The molecule has 5 nitrogen and oxygen atoms in total. The summed E-state index contributed by atoms with van der Waals surface area (Å²) in [5.74, 6) is 0. The summed E-state index contributed by atoms with van der Waals surface area (Å²) in [6.07, 6.45) is 0. The van der Waals surface area contributed by atoms with E-state index in [1.165, 1.54) is 5.56 Å². The highest BCUT2D eigenvalue weighted by Crippen LogP contribution is 2.23. The average Bonchev–Trinajstić information content (AvgIpc) is 2.65. The van der Waals surface area contributed by atoms with Crippen molar-refractivity contribution in [2.24, 2.45) is 0 Å². The van der Waals surface area contributed by atoms with Crippen molar-refractivity contribution in [2.45, 2.75) is 17.9 Å². The zero-order chi connectivity index (χ0) is 19.4. The molecule has 7 heteroatoms. The van der Waals surface area contributed by atoms with E-state index in [0.29, 0.717) is 6.54 Å². The molecule has 1 atom stereocenters. The van der Waals surface area contributed by atoms with E-state index in [1.54, 1.807) is 24.3 Å². The lowest BCUT2D eigenvalue weighted by molar-refractivity contribution is 0.113. The molecule has 1 fully saturated rings. The Morgan fingerprint density at radius 1 is 1.00 bits per heavy atom. The molecule has 0 aliphatic carbocycles. The monoisotopic (exact) mass is 451 g/mol. The lowest BCUT2D eigenvalue weighted by Crippen LogP contribution is -2.48. The van der Waals surface area contributed by atoms with Gasteiger partial charge in [0.1, 0.15) is 0 Å². The van der Waals surface area contributed by atoms with Crippen LogP contribution in [0.5, 0.6) is 0 Å². The molecule has 0 amide bonds. The second-order valence-electron chi connectivity index (χ2n) is 7.07. The van der Waals surface area contributed by atoms with Gasteiger partial charge in [-0.25, -0.2) is 13.1 Å². The third kappa shape index (κ3) is 5.39.